The maximum Gasteiger partial charge on any atom is 0.411 e. The maximum absolute atomic E-state index is 12.7. The molecule has 1 amide bonds. The van der Waals surface area contributed by atoms with E-state index in [-0.39, 0.29) is 23.6 Å². The molecule has 3 aromatic carbocycles. The molecular formula is C27H23N3O6. The summed E-state index contributed by atoms with van der Waals surface area (Å²) < 4.78 is 16.5. The zero-order valence-corrected chi connectivity index (χ0v) is 19.6. The standard InChI is InChI=1S/C27H23N3O6/c1-34-25(31)22-23(29-30(24(22)26(32)35-2)21-11-7-4-8-12-21)19-13-15-20(16-14-19)28-27(33)36-17-18-9-5-3-6-10-18/h3-16H,17H2,1-2H3,(H,28,33). The minimum atomic E-state index is -0.738. The third-order valence-electron chi connectivity index (χ3n) is 5.27. The quantitative estimate of drug-likeness (QED) is 0.294. The van der Waals surface area contributed by atoms with Crippen LogP contribution in [-0.2, 0) is 20.8 Å². The van der Waals surface area contributed by atoms with Crippen molar-refractivity contribution in [2.75, 3.05) is 19.5 Å². The predicted octanol–water partition coefficient (Wildman–Crippen LogP) is 4.86. The summed E-state index contributed by atoms with van der Waals surface area (Å²) in [7, 11) is 2.45. The summed E-state index contributed by atoms with van der Waals surface area (Å²) in [6, 6.07) is 24.8. The average molecular weight is 485 g/mol. The van der Waals surface area contributed by atoms with Crippen LogP contribution in [0, 0.1) is 0 Å². The first-order chi connectivity index (χ1) is 17.5. The second kappa shape index (κ2) is 11.0. The van der Waals surface area contributed by atoms with Gasteiger partial charge in [-0.2, -0.15) is 5.10 Å². The molecule has 36 heavy (non-hydrogen) atoms. The first-order valence-electron chi connectivity index (χ1n) is 10.9. The Labute approximate surface area is 207 Å². The van der Waals surface area contributed by atoms with Crippen LogP contribution in [0.1, 0.15) is 26.4 Å². The van der Waals surface area contributed by atoms with Crippen LogP contribution < -0.4 is 5.32 Å². The van der Waals surface area contributed by atoms with Crippen molar-refractivity contribution in [3.8, 4) is 16.9 Å². The molecule has 9 heteroatoms. The van der Waals surface area contributed by atoms with Crippen LogP contribution >= 0.6 is 0 Å². The van der Waals surface area contributed by atoms with Crippen LogP contribution in [-0.4, -0.2) is 42.0 Å². The first kappa shape index (κ1) is 24.2. The Morgan fingerprint density at radius 1 is 0.806 bits per heavy atom. The van der Waals surface area contributed by atoms with Gasteiger partial charge >= 0.3 is 18.0 Å². The Balaban J connectivity index is 1.63. The van der Waals surface area contributed by atoms with Crippen LogP contribution in [0.15, 0.2) is 84.9 Å². The van der Waals surface area contributed by atoms with Crippen LogP contribution in [0.3, 0.4) is 0 Å². The number of nitrogens with zero attached hydrogens (tertiary/aromatic N) is 2. The number of anilines is 1. The van der Waals surface area contributed by atoms with Gasteiger partial charge < -0.3 is 14.2 Å². The van der Waals surface area contributed by atoms with E-state index in [1.165, 1.54) is 18.9 Å². The van der Waals surface area contributed by atoms with Crippen LogP contribution in [0.4, 0.5) is 10.5 Å². The normalized spacial score (nSPS) is 10.4. The van der Waals surface area contributed by atoms with Gasteiger partial charge in [0.25, 0.3) is 0 Å². The summed E-state index contributed by atoms with van der Waals surface area (Å²) in [6.45, 7) is 0.139. The van der Waals surface area contributed by atoms with E-state index in [1.54, 1.807) is 48.5 Å². The fourth-order valence-corrected chi connectivity index (χ4v) is 3.55. The number of hydrogen-bond acceptors (Lipinski definition) is 7. The summed E-state index contributed by atoms with van der Waals surface area (Å²) in [4.78, 5) is 37.6. The van der Waals surface area contributed by atoms with Crippen molar-refractivity contribution < 1.29 is 28.6 Å². The number of nitrogens with one attached hydrogen (secondary N) is 1. The Morgan fingerprint density at radius 3 is 2.03 bits per heavy atom. The summed E-state index contributed by atoms with van der Waals surface area (Å²) in [5.41, 5.74) is 2.57. The van der Waals surface area contributed by atoms with Crippen molar-refractivity contribution in [2.45, 2.75) is 6.61 Å². The molecule has 0 fully saturated rings. The van der Waals surface area contributed by atoms with Crippen molar-refractivity contribution in [3.63, 3.8) is 0 Å². The molecule has 0 saturated carbocycles. The highest BCUT2D eigenvalue weighted by atomic mass is 16.5. The Morgan fingerprint density at radius 2 is 1.42 bits per heavy atom. The van der Waals surface area contributed by atoms with Crippen molar-refractivity contribution in [3.05, 3.63) is 102 Å². The van der Waals surface area contributed by atoms with E-state index in [9.17, 15) is 14.4 Å². The first-order valence-corrected chi connectivity index (χ1v) is 10.9. The summed E-state index contributed by atoms with van der Waals surface area (Å²) in [6.07, 6.45) is -0.608. The van der Waals surface area contributed by atoms with E-state index in [4.69, 9.17) is 14.2 Å². The number of para-hydroxylation sites is 1. The fourth-order valence-electron chi connectivity index (χ4n) is 3.55. The molecule has 1 heterocycles. The second-order valence-electron chi connectivity index (χ2n) is 7.57. The minimum absolute atomic E-state index is 0.0313. The lowest BCUT2D eigenvalue weighted by Gasteiger charge is -2.08. The second-order valence-corrected chi connectivity index (χ2v) is 7.57. The third kappa shape index (κ3) is 5.25. The number of carbonyl (C=O) groups excluding carboxylic acids is 3. The Bertz CT molecular complexity index is 1370. The largest absolute Gasteiger partial charge is 0.465 e. The zero-order chi connectivity index (χ0) is 25.5. The van der Waals surface area contributed by atoms with Crippen LogP contribution in [0.2, 0.25) is 0 Å². The van der Waals surface area contributed by atoms with Crippen LogP contribution in [0.5, 0.6) is 0 Å². The summed E-state index contributed by atoms with van der Waals surface area (Å²) >= 11 is 0. The summed E-state index contributed by atoms with van der Waals surface area (Å²) in [5.74, 6) is -1.48. The van der Waals surface area contributed by atoms with Crippen LogP contribution in [0.25, 0.3) is 16.9 Å². The topological polar surface area (TPSA) is 109 Å². The number of benzene rings is 3. The van der Waals surface area contributed by atoms with Gasteiger partial charge in [-0.3, -0.25) is 5.32 Å². The predicted molar refractivity (Wildman–Crippen MR) is 132 cm³/mol. The fraction of sp³-hybridized carbons (Fsp3) is 0.111. The number of ether oxygens (including phenoxy) is 3. The number of carbonyl (C=O) groups is 3. The number of methoxy groups -OCH3 is 2. The maximum atomic E-state index is 12.7. The molecule has 0 aliphatic rings. The number of esters is 2. The number of rotatable bonds is 7. The molecule has 0 saturated heterocycles. The lowest BCUT2D eigenvalue weighted by Crippen LogP contribution is -2.15. The third-order valence-corrected chi connectivity index (χ3v) is 5.27. The van der Waals surface area contributed by atoms with Gasteiger partial charge in [0.2, 0.25) is 0 Å². The number of aromatic nitrogens is 2. The highest BCUT2D eigenvalue weighted by Crippen LogP contribution is 2.30. The van der Waals surface area contributed by atoms with Crippen molar-refractivity contribution in [2.24, 2.45) is 0 Å². The van der Waals surface area contributed by atoms with Crippen molar-refractivity contribution in [1.82, 2.24) is 9.78 Å². The lowest BCUT2D eigenvalue weighted by molar-refractivity contribution is 0.0549. The smallest absolute Gasteiger partial charge is 0.411 e. The molecule has 9 nitrogen and oxygen atoms in total. The van der Waals surface area contributed by atoms with Crippen molar-refractivity contribution >= 4 is 23.7 Å². The average Bonchev–Trinajstić information content (AvgIpc) is 3.33. The molecule has 4 aromatic rings. The van der Waals surface area contributed by atoms with Gasteiger partial charge in [-0.15, -0.1) is 0 Å². The SMILES string of the molecule is COC(=O)c1c(-c2ccc(NC(=O)OCc3ccccc3)cc2)nn(-c2ccccc2)c1C(=O)OC. The summed E-state index contributed by atoms with van der Waals surface area (Å²) in [5, 5.41) is 7.20. The lowest BCUT2D eigenvalue weighted by atomic mass is 10.1. The molecule has 0 atom stereocenters. The van der Waals surface area contributed by atoms with E-state index in [0.29, 0.717) is 16.9 Å². The van der Waals surface area contributed by atoms with Gasteiger partial charge in [0.1, 0.15) is 17.9 Å². The van der Waals surface area contributed by atoms with Gasteiger partial charge in [-0.05, 0) is 29.8 Å². The molecular weight excluding hydrogens is 462 g/mol. The van der Waals surface area contributed by atoms with E-state index in [2.05, 4.69) is 10.4 Å². The molecule has 4 rings (SSSR count). The molecule has 0 spiro atoms. The molecule has 182 valence electrons. The molecule has 0 aliphatic heterocycles. The molecule has 0 radical (unpaired) electrons. The molecule has 0 bridgehead atoms. The zero-order valence-electron chi connectivity index (χ0n) is 19.6. The minimum Gasteiger partial charge on any atom is -0.465 e. The molecule has 1 N–H and O–H groups in total. The monoisotopic (exact) mass is 485 g/mol. The van der Waals surface area contributed by atoms with Gasteiger partial charge in [-0.25, -0.2) is 19.1 Å². The molecule has 0 unspecified atom stereocenters. The molecule has 1 aromatic heterocycles. The Hall–Kier alpha value is -4.92. The number of amides is 1. The van der Waals surface area contributed by atoms with Crippen molar-refractivity contribution in [1.29, 1.82) is 0 Å². The Kier molecular flexibility index (Phi) is 7.40. The van der Waals surface area contributed by atoms with Gasteiger partial charge in [0.15, 0.2) is 5.69 Å². The highest BCUT2D eigenvalue weighted by Gasteiger charge is 2.31. The van der Waals surface area contributed by atoms with Gasteiger partial charge in [0, 0.05) is 11.3 Å². The number of hydrogen-bond donors (Lipinski definition) is 1. The molecule has 0 aliphatic carbocycles. The van der Waals surface area contributed by atoms with E-state index < -0.39 is 18.0 Å². The van der Waals surface area contributed by atoms with Gasteiger partial charge in [0.05, 0.1) is 19.9 Å². The highest BCUT2D eigenvalue weighted by molar-refractivity contribution is 6.06. The van der Waals surface area contributed by atoms with E-state index in [1.807, 2.05) is 36.4 Å². The van der Waals surface area contributed by atoms with Gasteiger partial charge in [-0.1, -0.05) is 60.7 Å². The van der Waals surface area contributed by atoms with E-state index >= 15 is 0 Å². The van der Waals surface area contributed by atoms with E-state index in [0.717, 1.165) is 5.56 Å².